The van der Waals surface area contributed by atoms with Crippen molar-refractivity contribution in [3.05, 3.63) is 58.9 Å². The van der Waals surface area contributed by atoms with Gasteiger partial charge in [0.05, 0.1) is 0 Å². The summed E-state index contributed by atoms with van der Waals surface area (Å²) in [6, 6.07) is 11.8. The van der Waals surface area contributed by atoms with E-state index >= 15 is 0 Å². The van der Waals surface area contributed by atoms with Crippen LogP contribution in [0.4, 0.5) is 0 Å². The van der Waals surface area contributed by atoms with Crippen LogP contribution >= 0.6 is 0 Å². The van der Waals surface area contributed by atoms with Crippen molar-refractivity contribution in [3.63, 3.8) is 0 Å². The van der Waals surface area contributed by atoms with Crippen molar-refractivity contribution >= 4 is 5.91 Å². The lowest BCUT2D eigenvalue weighted by Crippen LogP contribution is -2.32. The first kappa shape index (κ1) is 16.3. The molecule has 0 bridgehead atoms. The Bertz CT molecular complexity index is 641. The van der Waals surface area contributed by atoms with Crippen molar-refractivity contribution in [1.82, 2.24) is 9.88 Å². The molecule has 1 aromatic heterocycles. The molecule has 0 saturated heterocycles. The SMILES string of the molecule is Cc1ccc(C(=O)NCC(N)c2ccc(C(C)C)cc2)n1C. The first-order valence-corrected chi connectivity index (χ1v) is 7.66. The summed E-state index contributed by atoms with van der Waals surface area (Å²) in [5, 5.41) is 2.90. The molecule has 0 fully saturated rings. The van der Waals surface area contributed by atoms with Gasteiger partial charge in [-0.2, -0.15) is 0 Å². The first-order chi connectivity index (χ1) is 10.4. The number of nitrogens with two attached hydrogens (primary N) is 1. The van der Waals surface area contributed by atoms with Crippen molar-refractivity contribution < 1.29 is 4.79 Å². The van der Waals surface area contributed by atoms with E-state index in [9.17, 15) is 4.79 Å². The molecule has 1 aromatic carbocycles. The maximum Gasteiger partial charge on any atom is 0.267 e. The van der Waals surface area contributed by atoms with Gasteiger partial charge in [0, 0.05) is 25.3 Å². The number of carbonyl (C=O) groups is 1. The number of benzene rings is 1. The molecule has 0 aliphatic carbocycles. The van der Waals surface area contributed by atoms with E-state index in [4.69, 9.17) is 5.73 Å². The summed E-state index contributed by atoms with van der Waals surface area (Å²) in [4.78, 5) is 12.2. The van der Waals surface area contributed by atoms with E-state index in [1.165, 1.54) is 5.56 Å². The van der Waals surface area contributed by atoms with Crippen LogP contribution in [0.25, 0.3) is 0 Å². The summed E-state index contributed by atoms with van der Waals surface area (Å²) < 4.78 is 1.87. The zero-order valence-electron chi connectivity index (χ0n) is 13.8. The fourth-order valence-corrected chi connectivity index (χ4v) is 2.38. The number of amides is 1. The van der Waals surface area contributed by atoms with Crippen LogP contribution in [-0.2, 0) is 7.05 Å². The molecule has 0 saturated carbocycles. The van der Waals surface area contributed by atoms with Crippen molar-refractivity contribution in [2.45, 2.75) is 32.7 Å². The van der Waals surface area contributed by atoms with Crippen molar-refractivity contribution in [3.8, 4) is 0 Å². The van der Waals surface area contributed by atoms with E-state index < -0.39 is 0 Å². The summed E-state index contributed by atoms with van der Waals surface area (Å²) >= 11 is 0. The van der Waals surface area contributed by atoms with E-state index in [1.807, 2.05) is 42.8 Å². The molecule has 118 valence electrons. The van der Waals surface area contributed by atoms with Gasteiger partial charge in [-0.25, -0.2) is 0 Å². The molecule has 1 atom stereocenters. The Balaban J connectivity index is 1.96. The van der Waals surface area contributed by atoms with Gasteiger partial charge in [0.1, 0.15) is 5.69 Å². The van der Waals surface area contributed by atoms with E-state index in [1.54, 1.807) is 0 Å². The number of hydrogen-bond acceptors (Lipinski definition) is 2. The number of nitrogens with zero attached hydrogens (tertiary/aromatic N) is 1. The number of rotatable bonds is 5. The van der Waals surface area contributed by atoms with Gasteiger partial charge in [0.25, 0.3) is 5.91 Å². The molecule has 0 radical (unpaired) electrons. The van der Waals surface area contributed by atoms with Gasteiger partial charge in [-0.3, -0.25) is 4.79 Å². The van der Waals surface area contributed by atoms with Crippen LogP contribution < -0.4 is 11.1 Å². The lowest BCUT2D eigenvalue weighted by molar-refractivity contribution is 0.0943. The lowest BCUT2D eigenvalue weighted by atomic mass is 9.99. The molecule has 2 rings (SSSR count). The minimum atomic E-state index is -0.202. The Morgan fingerprint density at radius 3 is 2.23 bits per heavy atom. The van der Waals surface area contributed by atoms with E-state index in [0.29, 0.717) is 18.2 Å². The monoisotopic (exact) mass is 299 g/mol. The summed E-state index contributed by atoms with van der Waals surface area (Å²) in [6.07, 6.45) is 0. The highest BCUT2D eigenvalue weighted by Gasteiger charge is 2.13. The van der Waals surface area contributed by atoms with Gasteiger partial charge < -0.3 is 15.6 Å². The van der Waals surface area contributed by atoms with Gasteiger partial charge in [0.15, 0.2) is 0 Å². The third kappa shape index (κ3) is 3.57. The van der Waals surface area contributed by atoms with E-state index in [0.717, 1.165) is 11.3 Å². The third-order valence-electron chi connectivity index (χ3n) is 4.12. The Kier molecular flexibility index (Phi) is 5.03. The minimum absolute atomic E-state index is 0.0927. The second-order valence-corrected chi connectivity index (χ2v) is 6.06. The molecule has 1 amide bonds. The summed E-state index contributed by atoms with van der Waals surface area (Å²) in [6.45, 7) is 6.72. The molecule has 0 spiro atoms. The number of nitrogens with one attached hydrogen (secondary N) is 1. The average Bonchev–Trinajstić information content (AvgIpc) is 2.84. The van der Waals surface area contributed by atoms with Crippen LogP contribution in [0.1, 0.15) is 53.1 Å². The van der Waals surface area contributed by atoms with Crippen molar-refractivity contribution in [2.75, 3.05) is 6.54 Å². The first-order valence-electron chi connectivity index (χ1n) is 7.66. The highest BCUT2D eigenvalue weighted by Crippen LogP contribution is 2.17. The molecule has 1 unspecified atom stereocenters. The second kappa shape index (κ2) is 6.79. The molecule has 3 N–H and O–H groups in total. The standard InChI is InChI=1S/C18H25N3O/c1-12(2)14-6-8-15(9-7-14)16(19)11-20-18(22)17-10-5-13(3)21(17)4/h5-10,12,16H,11,19H2,1-4H3,(H,20,22). The maximum atomic E-state index is 12.2. The van der Waals surface area contributed by atoms with Gasteiger partial charge in [-0.1, -0.05) is 38.1 Å². The molecular formula is C18H25N3O. The molecule has 0 aliphatic rings. The topological polar surface area (TPSA) is 60.1 Å². The van der Waals surface area contributed by atoms with Crippen LogP contribution in [0.3, 0.4) is 0 Å². The summed E-state index contributed by atoms with van der Waals surface area (Å²) in [7, 11) is 1.88. The van der Waals surface area contributed by atoms with E-state index in [2.05, 4.69) is 31.3 Å². The van der Waals surface area contributed by atoms with Crippen LogP contribution in [0.2, 0.25) is 0 Å². The van der Waals surface area contributed by atoms with Crippen molar-refractivity contribution in [2.24, 2.45) is 12.8 Å². The summed E-state index contributed by atoms with van der Waals surface area (Å²) in [5.74, 6) is 0.412. The van der Waals surface area contributed by atoms with Crippen LogP contribution in [0, 0.1) is 6.92 Å². The number of aryl methyl sites for hydroxylation is 1. The fourth-order valence-electron chi connectivity index (χ4n) is 2.38. The quantitative estimate of drug-likeness (QED) is 0.892. The lowest BCUT2D eigenvalue weighted by Gasteiger charge is -2.15. The minimum Gasteiger partial charge on any atom is -0.349 e. The molecule has 2 aromatic rings. The predicted octanol–water partition coefficient (Wildman–Crippen LogP) is 2.89. The highest BCUT2D eigenvalue weighted by molar-refractivity contribution is 5.92. The third-order valence-corrected chi connectivity index (χ3v) is 4.12. The average molecular weight is 299 g/mol. The molecule has 4 heteroatoms. The van der Waals surface area contributed by atoms with Crippen LogP contribution in [0.5, 0.6) is 0 Å². The normalized spacial score (nSPS) is 12.5. The second-order valence-electron chi connectivity index (χ2n) is 6.06. The van der Waals surface area contributed by atoms with Crippen molar-refractivity contribution in [1.29, 1.82) is 0 Å². The fraction of sp³-hybridized carbons (Fsp3) is 0.389. The maximum absolute atomic E-state index is 12.2. The van der Waals surface area contributed by atoms with Gasteiger partial charge in [-0.05, 0) is 36.1 Å². The van der Waals surface area contributed by atoms with Gasteiger partial charge >= 0.3 is 0 Å². The van der Waals surface area contributed by atoms with Gasteiger partial charge in [0.2, 0.25) is 0 Å². The van der Waals surface area contributed by atoms with E-state index in [-0.39, 0.29) is 11.9 Å². The smallest absolute Gasteiger partial charge is 0.267 e. The van der Waals surface area contributed by atoms with Gasteiger partial charge in [-0.15, -0.1) is 0 Å². The number of aromatic nitrogens is 1. The Morgan fingerprint density at radius 1 is 1.14 bits per heavy atom. The number of hydrogen-bond donors (Lipinski definition) is 2. The zero-order valence-corrected chi connectivity index (χ0v) is 13.8. The Hall–Kier alpha value is -2.07. The Labute approximate surface area is 132 Å². The van der Waals surface area contributed by atoms with Crippen LogP contribution in [0.15, 0.2) is 36.4 Å². The Morgan fingerprint density at radius 2 is 1.73 bits per heavy atom. The summed E-state index contributed by atoms with van der Waals surface area (Å²) in [5.41, 5.74) is 10.2. The predicted molar refractivity (Wildman–Crippen MR) is 89.9 cm³/mol. The molecule has 0 aliphatic heterocycles. The molecule has 22 heavy (non-hydrogen) atoms. The molecule has 1 heterocycles. The zero-order chi connectivity index (χ0) is 16.3. The highest BCUT2D eigenvalue weighted by atomic mass is 16.1. The number of carbonyl (C=O) groups excluding carboxylic acids is 1. The van der Waals surface area contributed by atoms with Crippen LogP contribution in [-0.4, -0.2) is 17.0 Å². The molecular weight excluding hydrogens is 274 g/mol. The molecule has 4 nitrogen and oxygen atoms in total. The largest absolute Gasteiger partial charge is 0.349 e.